The van der Waals surface area contributed by atoms with Crippen molar-refractivity contribution in [2.75, 3.05) is 13.7 Å². The summed E-state index contributed by atoms with van der Waals surface area (Å²) in [6, 6.07) is 1.59. The van der Waals surface area contributed by atoms with Crippen LogP contribution in [0.3, 0.4) is 0 Å². The van der Waals surface area contributed by atoms with Crippen LogP contribution in [0.15, 0.2) is 27.7 Å². The number of fused-ring (bicyclic) bond motifs is 1. The number of halogens is 2. The zero-order valence-electron chi connectivity index (χ0n) is 11.0. The predicted octanol–water partition coefficient (Wildman–Crippen LogP) is 2.80. The van der Waals surface area contributed by atoms with Crippen molar-refractivity contribution in [1.29, 1.82) is 0 Å². The Morgan fingerprint density at radius 3 is 2.70 bits per heavy atom. The van der Waals surface area contributed by atoms with Crippen LogP contribution >= 0.6 is 28.3 Å². The second-order valence-corrected chi connectivity index (χ2v) is 5.04. The van der Waals surface area contributed by atoms with Gasteiger partial charge in [0.1, 0.15) is 6.29 Å². The van der Waals surface area contributed by atoms with E-state index >= 15 is 0 Å². The standard InChI is InChI=1S/C9H6BrFN2O2S.C3H8O/c10-6-5-13(16-11)7-1-2-12(3-4-14)9(15)8(6)7;1-3-4-2/h1-2,4-5H,3H2;3H2,1-2H3. The molecular formula is C12H14BrFN2O3S. The number of ether oxygens (including phenoxy) is 1. The fourth-order valence-electron chi connectivity index (χ4n) is 1.49. The van der Waals surface area contributed by atoms with Crippen LogP contribution in [0.4, 0.5) is 3.89 Å². The van der Waals surface area contributed by atoms with Crippen molar-refractivity contribution in [3.63, 3.8) is 0 Å². The highest BCUT2D eigenvalue weighted by molar-refractivity contribution is 9.10. The maximum atomic E-state index is 12.5. The molecule has 0 radical (unpaired) electrons. The topological polar surface area (TPSA) is 53.2 Å². The molecule has 0 atom stereocenters. The minimum absolute atomic E-state index is 0.00480. The van der Waals surface area contributed by atoms with E-state index in [-0.39, 0.29) is 24.4 Å². The van der Waals surface area contributed by atoms with E-state index in [1.807, 2.05) is 6.92 Å². The number of rotatable bonds is 4. The van der Waals surface area contributed by atoms with Gasteiger partial charge in [-0.15, -0.1) is 3.89 Å². The fourth-order valence-corrected chi connectivity index (χ4v) is 2.58. The summed E-state index contributed by atoms with van der Waals surface area (Å²) in [6.07, 6.45) is 3.59. The highest BCUT2D eigenvalue weighted by atomic mass is 79.9. The van der Waals surface area contributed by atoms with Gasteiger partial charge in [0, 0.05) is 30.6 Å². The minimum Gasteiger partial charge on any atom is -0.385 e. The first-order valence-electron chi connectivity index (χ1n) is 5.72. The second-order valence-electron chi connectivity index (χ2n) is 3.65. The van der Waals surface area contributed by atoms with E-state index in [1.165, 1.54) is 20.9 Å². The number of hydrogen-bond acceptors (Lipinski definition) is 4. The lowest BCUT2D eigenvalue weighted by molar-refractivity contribution is -0.108. The molecule has 2 rings (SSSR count). The lowest BCUT2D eigenvalue weighted by atomic mass is 10.3. The number of carbonyl (C=O) groups is 1. The molecule has 0 aliphatic carbocycles. The summed E-state index contributed by atoms with van der Waals surface area (Å²) in [5.41, 5.74) is 0.163. The Morgan fingerprint density at radius 2 is 2.20 bits per heavy atom. The minimum atomic E-state index is -0.315. The maximum absolute atomic E-state index is 12.5. The first kappa shape index (κ1) is 16.9. The summed E-state index contributed by atoms with van der Waals surface area (Å²) in [5, 5.41) is 0.370. The van der Waals surface area contributed by atoms with Gasteiger partial charge in [-0.05, 0) is 28.9 Å². The molecule has 0 unspecified atom stereocenters. The van der Waals surface area contributed by atoms with Crippen LogP contribution in [0.25, 0.3) is 10.9 Å². The van der Waals surface area contributed by atoms with Crippen molar-refractivity contribution >= 4 is 45.5 Å². The van der Waals surface area contributed by atoms with Gasteiger partial charge in [-0.25, -0.2) is 0 Å². The smallest absolute Gasteiger partial charge is 0.261 e. The predicted molar refractivity (Wildman–Crippen MR) is 81.6 cm³/mol. The molecule has 0 spiro atoms. The largest absolute Gasteiger partial charge is 0.385 e. The quantitative estimate of drug-likeness (QED) is 0.782. The summed E-state index contributed by atoms with van der Waals surface area (Å²) >= 11 is 3.21. The van der Waals surface area contributed by atoms with E-state index in [2.05, 4.69) is 20.7 Å². The Morgan fingerprint density at radius 1 is 1.55 bits per heavy atom. The van der Waals surface area contributed by atoms with E-state index in [1.54, 1.807) is 13.2 Å². The molecule has 20 heavy (non-hydrogen) atoms. The molecule has 8 heteroatoms. The number of pyridine rings is 1. The molecule has 0 saturated heterocycles. The summed E-state index contributed by atoms with van der Waals surface area (Å²) in [7, 11) is 1.68. The maximum Gasteiger partial charge on any atom is 0.261 e. The Hall–Kier alpha value is -1.12. The fraction of sp³-hybridized carbons (Fsp3) is 0.333. The van der Waals surface area contributed by atoms with Crippen molar-refractivity contribution in [3.8, 4) is 0 Å². The van der Waals surface area contributed by atoms with Crippen LogP contribution in [0, 0.1) is 0 Å². The van der Waals surface area contributed by atoms with Gasteiger partial charge in [-0.1, -0.05) is 0 Å². The van der Waals surface area contributed by atoms with E-state index in [4.69, 9.17) is 0 Å². The Bertz CT molecular complexity index is 639. The molecule has 0 aliphatic rings. The van der Waals surface area contributed by atoms with Gasteiger partial charge in [0.05, 0.1) is 17.4 Å². The summed E-state index contributed by atoms with van der Waals surface area (Å²) in [6.45, 7) is 2.77. The van der Waals surface area contributed by atoms with Crippen LogP contribution in [0.2, 0.25) is 0 Å². The average Bonchev–Trinajstić information content (AvgIpc) is 2.79. The monoisotopic (exact) mass is 364 g/mol. The molecular weight excluding hydrogens is 351 g/mol. The molecule has 0 fully saturated rings. The Kier molecular flexibility index (Phi) is 6.97. The first-order valence-corrected chi connectivity index (χ1v) is 7.19. The summed E-state index contributed by atoms with van der Waals surface area (Å²) in [4.78, 5) is 22.3. The number of hydrogen-bond donors (Lipinski definition) is 0. The van der Waals surface area contributed by atoms with Gasteiger partial charge in [0.15, 0.2) is 12.3 Å². The van der Waals surface area contributed by atoms with Gasteiger partial charge in [0.2, 0.25) is 0 Å². The number of aromatic nitrogens is 2. The highest BCUT2D eigenvalue weighted by Crippen LogP contribution is 2.26. The molecule has 5 nitrogen and oxygen atoms in total. The number of nitrogens with zero attached hydrogens (tertiary/aromatic N) is 2. The van der Waals surface area contributed by atoms with Crippen LogP contribution in [0.5, 0.6) is 0 Å². The summed E-state index contributed by atoms with van der Waals surface area (Å²) in [5.74, 6) is 0. The van der Waals surface area contributed by atoms with E-state index < -0.39 is 0 Å². The van der Waals surface area contributed by atoms with Crippen LogP contribution in [-0.2, 0) is 16.1 Å². The third-order valence-corrected chi connectivity index (χ3v) is 3.54. The zero-order valence-corrected chi connectivity index (χ0v) is 13.4. The van der Waals surface area contributed by atoms with Crippen LogP contribution in [-0.4, -0.2) is 28.5 Å². The molecule has 2 aromatic heterocycles. The van der Waals surface area contributed by atoms with Crippen molar-refractivity contribution in [2.24, 2.45) is 0 Å². The normalized spacial score (nSPS) is 10.2. The van der Waals surface area contributed by atoms with Crippen molar-refractivity contribution in [3.05, 3.63) is 33.3 Å². The molecule has 0 aromatic carbocycles. The number of methoxy groups -OCH3 is 1. The van der Waals surface area contributed by atoms with Crippen molar-refractivity contribution < 1.29 is 13.4 Å². The number of carbonyl (C=O) groups excluding carboxylic acids is 1. The van der Waals surface area contributed by atoms with Gasteiger partial charge in [-0.3, -0.25) is 8.77 Å². The first-order chi connectivity index (χ1) is 9.60. The van der Waals surface area contributed by atoms with Gasteiger partial charge in [-0.2, -0.15) is 0 Å². The van der Waals surface area contributed by atoms with E-state index in [9.17, 15) is 13.5 Å². The van der Waals surface area contributed by atoms with Crippen molar-refractivity contribution in [2.45, 2.75) is 13.5 Å². The van der Waals surface area contributed by atoms with E-state index in [0.717, 1.165) is 6.61 Å². The van der Waals surface area contributed by atoms with Gasteiger partial charge >= 0.3 is 0 Å². The van der Waals surface area contributed by atoms with E-state index in [0.29, 0.717) is 21.7 Å². The van der Waals surface area contributed by atoms with Crippen molar-refractivity contribution in [1.82, 2.24) is 8.54 Å². The van der Waals surface area contributed by atoms with Crippen LogP contribution < -0.4 is 5.56 Å². The molecule has 0 N–H and O–H groups in total. The molecule has 110 valence electrons. The molecule has 0 aliphatic heterocycles. The summed E-state index contributed by atoms with van der Waals surface area (Å²) < 4.78 is 20.1. The van der Waals surface area contributed by atoms with Crippen LogP contribution in [0.1, 0.15) is 6.92 Å². The average molecular weight is 365 g/mol. The Balaban J connectivity index is 0.000000444. The molecule has 0 saturated carbocycles. The van der Waals surface area contributed by atoms with Gasteiger partial charge < -0.3 is 14.1 Å². The molecule has 0 bridgehead atoms. The molecule has 2 aromatic rings. The lowest BCUT2D eigenvalue weighted by Crippen LogP contribution is -2.19. The number of aldehydes is 1. The second kappa shape index (κ2) is 8.23. The lowest BCUT2D eigenvalue weighted by Gasteiger charge is -2.01. The zero-order chi connectivity index (χ0) is 15.1. The highest BCUT2D eigenvalue weighted by Gasteiger charge is 2.12. The molecule has 0 amide bonds. The van der Waals surface area contributed by atoms with Gasteiger partial charge in [0.25, 0.3) is 5.56 Å². The molecule has 2 heterocycles. The third kappa shape index (κ3) is 3.71. The Labute approximate surface area is 128 Å². The third-order valence-electron chi connectivity index (χ3n) is 2.48. The SMILES string of the molecule is CCOC.O=CCn1ccc2c(c(Br)cn2SF)c1=O.